The standard InChI is InChI=1S/C23H23ClN4/c1-14-12-23(2,3)28(4)21-11-18(24)15(10-17(14)21)9-16(13-25)22-26-19-7-5-6-8-20(19)27-22/h5-11,14H,12H2,1-4H3,(H,26,27)/b16-9-. The number of nitrogens with one attached hydrogen (secondary N) is 1. The lowest BCUT2D eigenvalue weighted by molar-refractivity contribution is 0.395. The molecule has 28 heavy (non-hydrogen) atoms. The Balaban J connectivity index is 1.81. The van der Waals surface area contributed by atoms with Crippen molar-refractivity contribution in [2.75, 3.05) is 11.9 Å². The van der Waals surface area contributed by atoms with E-state index in [0.29, 0.717) is 22.3 Å². The van der Waals surface area contributed by atoms with Crippen LogP contribution < -0.4 is 4.90 Å². The molecule has 0 fully saturated rings. The number of para-hydroxylation sites is 2. The topological polar surface area (TPSA) is 55.7 Å². The maximum absolute atomic E-state index is 9.73. The van der Waals surface area contributed by atoms with Gasteiger partial charge in [0.2, 0.25) is 0 Å². The Morgan fingerprint density at radius 3 is 2.82 bits per heavy atom. The molecule has 3 aromatic rings. The van der Waals surface area contributed by atoms with Crippen LogP contribution in [0.4, 0.5) is 5.69 Å². The molecule has 142 valence electrons. The quantitative estimate of drug-likeness (QED) is 0.545. The van der Waals surface area contributed by atoms with E-state index in [1.165, 1.54) is 5.56 Å². The number of nitrogens with zero attached hydrogens (tertiary/aromatic N) is 3. The number of benzene rings is 2. The van der Waals surface area contributed by atoms with E-state index in [4.69, 9.17) is 11.6 Å². The van der Waals surface area contributed by atoms with Gasteiger partial charge in [-0.15, -0.1) is 0 Å². The maximum Gasteiger partial charge on any atom is 0.149 e. The van der Waals surface area contributed by atoms with Crippen LogP contribution in [-0.2, 0) is 0 Å². The highest BCUT2D eigenvalue weighted by molar-refractivity contribution is 6.32. The molecule has 1 aromatic heterocycles. The highest BCUT2D eigenvalue weighted by atomic mass is 35.5. The summed E-state index contributed by atoms with van der Waals surface area (Å²) >= 11 is 6.62. The highest BCUT2D eigenvalue weighted by Crippen LogP contribution is 2.44. The Bertz CT molecular complexity index is 1100. The number of nitriles is 1. The van der Waals surface area contributed by atoms with Gasteiger partial charge in [-0.05, 0) is 67.7 Å². The number of hydrogen-bond donors (Lipinski definition) is 1. The number of rotatable bonds is 2. The molecule has 4 nitrogen and oxygen atoms in total. The normalized spacial score (nSPS) is 18.8. The second kappa shape index (κ2) is 6.68. The largest absolute Gasteiger partial charge is 0.369 e. The van der Waals surface area contributed by atoms with E-state index in [1.54, 1.807) is 0 Å². The van der Waals surface area contributed by atoms with Crippen molar-refractivity contribution in [3.63, 3.8) is 0 Å². The van der Waals surface area contributed by atoms with Crippen LogP contribution in [0.1, 0.15) is 50.1 Å². The van der Waals surface area contributed by atoms with Crippen molar-refractivity contribution in [1.29, 1.82) is 5.26 Å². The van der Waals surface area contributed by atoms with Crippen LogP contribution in [0, 0.1) is 11.3 Å². The third-order valence-corrected chi connectivity index (χ3v) is 6.14. The van der Waals surface area contributed by atoms with Gasteiger partial charge in [-0.1, -0.05) is 30.7 Å². The molecule has 0 spiro atoms. The Labute approximate surface area is 170 Å². The first kappa shape index (κ1) is 18.6. The molecule has 2 aromatic carbocycles. The van der Waals surface area contributed by atoms with Crippen molar-refractivity contribution in [1.82, 2.24) is 9.97 Å². The summed E-state index contributed by atoms with van der Waals surface area (Å²) in [6, 6.07) is 14.2. The van der Waals surface area contributed by atoms with Crippen LogP contribution in [0.5, 0.6) is 0 Å². The van der Waals surface area contributed by atoms with Crippen molar-refractivity contribution in [3.8, 4) is 6.07 Å². The molecule has 0 bridgehead atoms. The van der Waals surface area contributed by atoms with E-state index >= 15 is 0 Å². The lowest BCUT2D eigenvalue weighted by Gasteiger charge is -2.45. The minimum Gasteiger partial charge on any atom is -0.369 e. The van der Waals surface area contributed by atoms with Gasteiger partial charge in [-0.25, -0.2) is 4.98 Å². The van der Waals surface area contributed by atoms with Gasteiger partial charge in [0.05, 0.1) is 16.6 Å². The highest BCUT2D eigenvalue weighted by Gasteiger charge is 2.34. The molecule has 1 unspecified atom stereocenters. The third-order valence-electron chi connectivity index (χ3n) is 5.82. The van der Waals surface area contributed by atoms with Crippen LogP contribution >= 0.6 is 11.6 Å². The van der Waals surface area contributed by atoms with Crippen LogP contribution in [-0.4, -0.2) is 22.6 Å². The predicted octanol–water partition coefficient (Wildman–Crippen LogP) is 6.00. The fraction of sp³-hybridized carbons (Fsp3) is 0.304. The molecule has 1 atom stereocenters. The lowest BCUT2D eigenvalue weighted by Crippen LogP contribution is -2.45. The number of imidazole rings is 1. The zero-order chi connectivity index (χ0) is 20.1. The molecule has 1 aliphatic rings. The average molecular weight is 391 g/mol. The van der Waals surface area contributed by atoms with Gasteiger partial charge in [-0.3, -0.25) is 0 Å². The zero-order valence-corrected chi connectivity index (χ0v) is 17.3. The number of hydrogen-bond acceptors (Lipinski definition) is 3. The summed E-state index contributed by atoms with van der Waals surface area (Å²) in [6.07, 6.45) is 2.89. The number of H-pyrrole nitrogens is 1. The molecule has 4 rings (SSSR count). The van der Waals surface area contributed by atoms with E-state index in [-0.39, 0.29) is 5.54 Å². The minimum atomic E-state index is 0.0825. The SMILES string of the molecule is CC1CC(C)(C)N(C)c2cc(Cl)c(/C=C(/C#N)c3nc4ccccc4[nH]3)cc21. The summed E-state index contributed by atoms with van der Waals surface area (Å²) in [7, 11) is 2.12. The first-order valence-corrected chi connectivity index (χ1v) is 9.82. The first-order chi connectivity index (χ1) is 13.3. The van der Waals surface area contributed by atoms with Crippen molar-refractivity contribution in [2.24, 2.45) is 0 Å². The maximum atomic E-state index is 9.73. The molecule has 5 heteroatoms. The Morgan fingerprint density at radius 1 is 1.36 bits per heavy atom. The van der Waals surface area contributed by atoms with E-state index < -0.39 is 0 Å². The summed E-state index contributed by atoms with van der Waals surface area (Å²) in [6.45, 7) is 6.76. The van der Waals surface area contributed by atoms with Gasteiger partial charge in [-0.2, -0.15) is 5.26 Å². The van der Waals surface area contributed by atoms with Crippen LogP contribution in [0.15, 0.2) is 36.4 Å². The van der Waals surface area contributed by atoms with Crippen LogP contribution in [0.25, 0.3) is 22.7 Å². The smallest absolute Gasteiger partial charge is 0.149 e. The van der Waals surface area contributed by atoms with Crippen LogP contribution in [0.2, 0.25) is 5.02 Å². The fourth-order valence-electron chi connectivity index (χ4n) is 4.10. The second-order valence-corrected chi connectivity index (χ2v) is 8.59. The minimum absolute atomic E-state index is 0.0825. The molecule has 0 saturated carbocycles. The van der Waals surface area contributed by atoms with Gasteiger partial charge in [0.15, 0.2) is 0 Å². The summed E-state index contributed by atoms with van der Waals surface area (Å²) in [5.41, 5.74) is 5.57. The van der Waals surface area contributed by atoms with E-state index in [1.807, 2.05) is 36.4 Å². The van der Waals surface area contributed by atoms with Crippen molar-refractivity contribution in [3.05, 3.63) is 58.4 Å². The Kier molecular flexibility index (Phi) is 4.44. The molecule has 1 N–H and O–H groups in total. The van der Waals surface area contributed by atoms with Crippen molar-refractivity contribution < 1.29 is 0 Å². The van der Waals surface area contributed by atoms with E-state index in [2.05, 4.69) is 54.8 Å². The number of aromatic nitrogens is 2. The summed E-state index contributed by atoms with van der Waals surface area (Å²) < 4.78 is 0. The molecule has 0 saturated heterocycles. The van der Waals surface area contributed by atoms with Crippen LogP contribution in [0.3, 0.4) is 0 Å². The van der Waals surface area contributed by atoms with E-state index in [9.17, 15) is 5.26 Å². The number of allylic oxidation sites excluding steroid dienone is 1. The van der Waals surface area contributed by atoms with Gasteiger partial charge in [0, 0.05) is 23.3 Å². The summed E-state index contributed by atoms with van der Waals surface area (Å²) in [5.74, 6) is 0.978. The molecular weight excluding hydrogens is 368 g/mol. The van der Waals surface area contributed by atoms with Gasteiger partial charge < -0.3 is 9.88 Å². The number of halogens is 1. The number of aromatic amines is 1. The van der Waals surface area contributed by atoms with Gasteiger partial charge in [0.25, 0.3) is 0 Å². The molecule has 0 amide bonds. The first-order valence-electron chi connectivity index (χ1n) is 9.44. The summed E-state index contributed by atoms with van der Waals surface area (Å²) in [5, 5.41) is 10.4. The fourth-order valence-corrected chi connectivity index (χ4v) is 4.32. The molecule has 1 aliphatic heterocycles. The monoisotopic (exact) mass is 390 g/mol. The van der Waals surface area contributed by atoms with Crippen molar-refractivity contribution >= 4 is 40.0 Å². The van der Waals surface area contributed by atoms with E-state index in [0.717, 1.165) is 28.7 Å². The molecule has 2 heterocycles. The Morgan fingerprint density at radius 2 is 2.11 bits per heavy atom. The number of anilines is 1. The Hall–Kier alpha value is -2.77. The van der Waals surface area contributed by atoms with Crippen molar-refractivity contribution in [2.45, 2.75) is 38.6 Å². The summed E-state index contributed by atoms with van der Waals surface area (Å²) in [4.78, 5) is 10.1. The number of fused-ring (bicyclic) bond motifs is 2. The zero-order valence-electron chi connectivity index (χ0n) is 16.5. The van der Waals surface area contributed by atoms with Gasteiger partial charge >= 0.3 is 0 Å². The predicted molar refractivity (Wildman–Crippen MR) is 117 cm³/mol. The molecule has 0 aliphatic carbocycles. The molecular formula is C23H23ClN4. The van der Waals surface area contributed by atoms with Gasteiger partial charge in [0.1, 0.15) is 11.9 Å². The second-order valence-electron chi connectivity index (χ2n) is 8.18. The third kappa shape index (κ3) is 3.06. The lowest BCUT2D eigenvalue weighted by atomic mass is 9.80. The average Bonchev–Trinajstić information content (AvgIpc) is 3.08. The molecule has 0 radical (unpaired) electrons.